The number of amides is 1. The minimum atomic E-state index is -0.819. The lowest BCUT2D eigenvalue weighted by atomic mass is 9.74. The Morgan fingerprint density at radius 2 is 2.12 bits per heavy atom. The number of carbonyl (C=O) groups is 1. The predicted molar refractivity (Wildman–Crippen MR) is 65.4 cm³/mol. The summed E-state index contributed by atoms with van der Waals surface area (Å²) in [6.45, 7) is 6.17. The number of nitrogens with one attached hydrogen (secondary N) is 1. The van der Waals surface area contributed by atoms with Crippen LogP contribution >= 0.6 is 0 Å². The van der Waals surface area contributed by atoms with Gasteiger partial charge in [0.25, 0.3) is 0 Å². The van der Waals surface area contributed by atoms with Crippen LogP contribution < -0.4 is 11.1 Å². The zero-order valence-corrected chi connectivity index (χ0v) is 10.7. The number of ether oxygens (including phenoxy) is 1. The van der Waals surface area contributed by atoms with Crippen LogP contribution in [0.2, 0.25) is 0 Å². The third-order valence-electron chi connectivity index (χ3n) is 3.58. The molecule has 1 fully saturated rings. The Kier molecular flexibility index (Phi) is 5.36. The molecule has 100 valence electrons. The molecule has 0 saturated carbocycles. The van der Waals surface area contributed by atoms with Crippen LogP contribution in [0.4, 0.5) is 0 Å². The highest BCUT2D eigenvalue weighted by Gasteiger charge is 2.31. The molecule has 0 aromatic rings. The van der Waals surface area contributed by atoms with Crippen LogP contribution in [0.3, 0.4) is 0 Å². The van der Waals surface area contributed by atoms with E-state index in [0.29, 0.717) is 12.5 Å². The second-order valence-corrected chi connectivity index (χ2v) is 5.38. The van der Waals surface area contributed by atoms with Gasteiger partial charge in [-0.1, -0.05) is 13.8 Å². The number of aliphatic hydroxyl groups excluding tert-OH is 1. The Morgan fingerprint density at radius 1 is 1.53 bits per heavy atom. The molecule has 1 amide bonds. The van der Waals surface area contributed by atoms with Gasteiger partial charge in [-0.2, -0.15) is 0 Å². The largest absolute Gasteiger partial charge is 0.394 e. The first kappa shape index (κ1) is 14.4. The molecule has 0 aromatic heterocycles. The summed E-state index contributed by atoms with van der Waals surface area (Å²) in [5.74, 6) is 0.273. The van der Waals surface area contributed by atoms with Crippen molar-refractivity contribution < 1.29 is 14.6 Å². The van der Waals surface area contributed by atoms with Crippen LogP contribution in [0, 0.1) is 11.3 Å². The molecule has 17 heavy (non-hydrogen) atoms. The summed E-state index contributed by atoms with van der Waals surface area (Å²) in [6, 6.07) is -0.819. The van der Waals surface area contributed by atoms with Gasteiger partial charge in [0.15, 0.2) is 0 Å². The second-order valence-electron chi connectivity index (χ2n) is 5.38. The van der Waals surface area contributed by atoms with E-state index in [2.05, 4.69) is 19.2 Å². The van der Waals surface area contributed by atoms with Crippen LogP contribution in [0.1, 0.15) is 26.7 Å². The van der Waals surface area contributed by atoms with Gasteiger partial charge in [-0.3, -0.25) is 4.79 Å². The maximum Gasteiger partial charge on any atom is 0.239 e. The fraction of sp³-hybridized carbons (Fsp3) is 0.917. The van der Waals surface area contributed by atoms with Crippen LogP contribution in [-0.2, 0) is 9.53 Å². The van der Waals surface area contributed by atoms with Crippen molar-refractivity contribution in [2.24, 2.45) is 17.1 Å². The van der Waals surface area contributed by atoms with Gasteiger partial charge in [-0.05, 0) is 24.2 Å². The van der Waals surface area contributed by atoms with Crippen LogP contribution in [0.25, 0.3) is 0 Å². The number of hydrogen-bond acceptors (Lipinski definition) is 4. The second kappa shape index (κ2) is 6.33. The zero-order chi connectivity index (χ0) is 12.9. The van der Waals surface area contributed by atoms with E-state index in [4.69, 9.17) is 15.6 Å². The first-order valence-corrected chi connectivity index (χ1v) is 6.19. The molecule has 1 rings (SSSR count). The molecule has 5 heteroatoms. The van der Waals surface area contributed by atoms with Gasteiger partial charge >= 0.3 is 0 Å². The topological polar surface area (TPSA) is 84.6 Å². The summed E-state index contributed by atoms with van der Waals surface area (Å²) >= 11 is 0. The van der Waals surface area contributed by atoms with Crippen LogP contribution in [0.15, 0.2) is 0 Å². The van der Waals surface area contributed by atoms with E-state index >= 15 is 0 Å². The van der Waals surface area contributed by atoms with Gasteiger partial charge in [0.05, 0.1) is 6.61 Å². The van der Waals surface area contributed by atoms with E-state index in [0.717, 1.165) is 26.1 Å². The first-order chi connectivity index (χ1) is 7.97. The third-order valence-corrected chi connectivity index (χ3v) is 3.58. The lowest BCUT2D eigenvalue weighted by molar-refractivity contribution is -0.123. The molecule has 5 nitrogen and oxygen atoms in total. The SMILES string of the molecule is CC(C)(CNC(=O)C(N)CO)C1CCOCC1. The molecular formula is C12H24N2O3. The third kappa shape index (κ3) is 4.26. The van der Waals surface area contributed by atoms with Gasteiger partial charge in [0, 0.05) is 19.8 Å². The molecule has 1 saturated heterocycles. The highest BCUT2D eigenvalue weighted by atomic mass is 16.5. The normalized spacial score (nSPS) is 20.0. The Morgan fingerprint density at radius 3 is 2.65 bits per heavy atom. The average molecular weight is 244 g/mol. The molecule has 4 N–H and O–H groups in total. The minimum absolute atomic E-state index is 0.0363. The average Bonchev–Trinajstić information content (AvgIpc) is 2.36. The Balaban J connectivity index is 2.40. The minimum Gasteiger partial charge on any atom is -0.394 e. The molecule has 0 spiro atoms. The maximum atomic E-state index is 11.5. The molecule has 1 unspecified atom stereocenters. The van der Waals surface area contributed by atoms with Crippen molar-refractivity contribution in [1.29, 1.82) is 0 Å². The van der Waals surface area contributed by atoms with E-state index < -0.39 is 6.04 Å². The highest BCUT2D eigenvalue weighted by Crippen LogP contribution is 2.33. The van der Waals surface area contributed by atoms with Gasteiger partial charge in [0.2, 0.25) is 5.91 Å². The van der Waals surface area contributed by atoms with Crippen molar-refractivity contribution in [1.82, 2.24) is 5.32 Å². The number of nitrogens with two attached hydrogens (primary N) is 1. The quantitative estimate of drug-likeness (QED) is 0.629. The van der Waals surface area contributed by atoms with Crippen molar-refractivity contribution in [2.75, 3.05) is 26.4 Å². The summed E-state index contributed by atoms with van der Waals surface area (Å²) < 4.78 is 5.34. The van der Waals surface area contributed by atoms with E-state index in [1.165, 1.54) is 0 Å². The highest BCUT2D eigenvalue weighted by molar-refractivity contribution is 5.81. The van der Waals surface area contributed by atoms with Gasteiger partial charge in [-0.15, -0.1) is 0 Å². The van der Waals surface area contributed by atoms with Crippen molar-refractivity contribution in [2.45, 2.75) is 32.7 Å². The lowest BCUT2D eigenvalue weighted by Gasteiger charge is -2.37. The van der Waals surface area contributed by atoms with E-state index in [1.807, 2.05) is 0 Å². The standard InChI is InChI=1S/C12H24N2O3/c1-12(2,9-3-5-17-6-4-9)8-14-11(16)10(13)7-15/h9-10,15H,3-8,13H2,1-2H3,(H,14,16). The number of carbonyl (C=O) groups excluding carboxylic acids is 1. The molecule has 1 atom stereocenters. The zero-order valence-electron chi connectivity index (χ0n) is 10.7. The van der Waals surface area contributed by atoms with Crippen molar-refractivity contribution >= 4 is 5.91 Å². The van der Waals surface area contributed by atoms with Crippen LogP contribution in [-0.4, -0.2) is 43.4 Å². The van der Waals surface area contributed by atoms with Gasteiger partial charge < -0.3 is 20.9 Å². The Bertz CT molecular complexity index is 250. The lowest BCUT2D eigenvalue weighted by Crippen LogP contribution is -2.47. The van der Waals surface area contributed by atoms with Crippen LogP contribution in [0.5, 0.6) is 0 Å². The molecule has 0 aliphatic carbocycles. The molecule has 0 bridgehead atoms. The van der Waals surface area contributed by atoms with Gasteiger partial charge in [0.1, 0.15) is 6.04 Å². The number of rotatable bonds is 5. The summed E-state index contributed by atoms with van der Waals surface area (Å²) in [4.78, 5) is 11.5. The summed E-state index contributed by atoms with van der Waals surface area (Å²) in [7, 11) is 0. The molecular weight excluding hydrogens is 220 g/mol. The summed E-state index contributed by atoms with van der Waals surface area (Å²) in [5, 5.41) is 11.6. The van der Waals surface area contributed by atoms with E-state index in [9.17, 15) is 4.79 Å². The molecule has 0 aromatic carbocycles. The fourth-order valence-electron chi connectivity index (χ4n) is 2.15. The fourth-order valence-corrected chi connectivity index (χ4v) is 2.15. The monoisotopic (exact) mass is 244 g/mol. The number of aliphatic hydroxyl groups is 1. The maximum absolute atomic E-state index is 11.5. The predicted octanol–water partition coefficient (Wildman–Crippen LogP) is -0.125. The summed E-state index contributed by atoms with van der Waals surface area (Å²) in [5.41, 5.74) is 5.48. The summed E-state index contributed by atoms with van der Waals surface area (Å²) in [6.07, 6.45) is 2.07. The van der Waals surface area contributed by atoms with Crippen molar-refractivity contribution in [3.05, 3.63) is 0 Å². The van der Waals surface area contributed by atoms with Crippen molar-refractivity contribution in [3.63, 3.8) is 0 Å². The Hall–Kier alpha value is -0.650. The molecule has 1 aliphatic rings. The Labute approximate surface area is 103 Å². The molecule has 1 aliphatic heterocycles. The molecule has 1 heterocycles. The van der Waals surface area contributed by atoms with E-state index in [1.54, 1.807) is 0 Å². The first-order valence-electron chi connectivity index (χ1n) is 6.19. The smallest absolute Gasteiger partial charge is 0.239 e. The van der Waals surface area contributed by atoms with E-state index in [-0.39, 0.29) is 17.9 Å². The number of hydrogen-bond donors (Lipinski definition) is 3. The molecule has 0 radical (unpaired) electrons. The van der Waals surface area contributed by atoms with Crippen molar-refractivity contribution in [3.8, 4) is 0 Å². The van der Waals surface area contributed by atoms with Gasteiger partial charge in [-0.25, -0.2) is 0 Å².